The first-order chi connectivity index (χ1) is 5.57. The van der Waals surface area contributed by atoms with Gasteiger partial charge in [0.05, 0.1) is 12.3 Å². The highest BCUT2D eigenvalue weighted by Crippen LogP contribution is 2.20. The third kappa shape index (κ3) is 1.38. The van der Waals surface area contributed by atoms with Gasteiger partial charge in [0.15, 0.2) is 5.78 Å². The number of hydrogen-bond donors (Lipinski definition) is 1. The van der Waals surface area contributed by atoms with Gasteiger partial charge in [-0.25, -0.2) is 0 Å². The molecule has 0 spiro atoms. The Kier molecular flexibility index (Phi) is 2.55. The number of aliphatic hydroxyl groups excluding tert-OH is 1. The van der Waals surface area contributed by atoms with Gasteiger partial charge in [0.2, 0.25) is 0 Å². The standard InChI is InChI=1S/C8H10ClNO2/c1-5(12)7-3-6(4-11)8(9)10(7)2/h3,11H,4H2,1-2H3. The van der Waals surface area contributed by atoms with E-state index in [4.69, 9.17) is 16.7 Å². The molecule has 0 aromatic carbocycles. The molecule has 0 saturated heterocycles. The summed E-state index contributed by atoms with van der Waals surface area (Å²) >= 11 is 5.81. The Hall–Kier alpha value is -0.800. The van der Waals surface area contributed by atoms with Gasteiger partial charge in [-0.05, 0) is 6.07 Å². The van der Waals surface area contributed by atoms with Crippen molar-refractivity contribution in [3.63, 3.8) is 0 Å². The summed E-state index contributed by atoms with van der Waals surface area (Å²) in [5.74, 6) is -0.0564. The fourth-order valence-corrected chi connectivity index (χ4v) is 1.30. The molecule has 0 aliphatic heterocycles. The van der Waals surface area contributed by atoms with Crippen molar-refractivity contribution in [1.82, 2.24) is 4.57 Å². The average molecular weight is 188 g/mol. The van der Waals surface area contributed by atoms with E-state index in [1.807, 2.05) is 0 Å². The van der Waals surface area contributed by atoms with E-state index < -0.39 is 0 Å². The molecule has 0 bridgehead atoms. The topological polar surface area (TPSA) is 42.2 Å². The zero-order valence-electron chi connectivity index (χ0n) is 6.97. The van der Waals surface area contributed by atoms with Crippen LogP contribution in [-0.4, -0.2) is 15.5 Å². The van der Waals surface area contributed by atoms with Gasteiger partial charge in [-0.15, -0.1) is 0 Å². The molecule has 66 valence electrons. The number of rotatable bonds is 2. The molecule has 0 atom stereocenters. The van der Waals surface area contributed by atoms with Crippen molar-refractivity contribution in [3.05, 3.63) is 22.5 Å². The molecule has 1 aromatic rings. The van der Waals surface area contributed by atoms with E-state index in [0.717, 1.165) is 0 Å². The summed E-state index contributed by atoms with van der Waals surface area (Å²) in [5.41, 5.74) is 1.11. The Bertz CT molecular complexity index is 317. The Labute approximate surface area is 75.6 Å². The summed E-state index contributed by atoms with van der Waals surface area (Å²) in [5, 5.41) is 9.25. The van der Waals surface area contributed by atoms with Crippen molar-refractivity contribution < 1.29 is 9.90 Å². The molecule has 3 nitrogen and oxygen atoms in total. The molecule has 0 aliphatic carbocycles. The van der Waals surface area contributed by atoms with Crippen molar-refractivity contribution in [3.8, 4) is 0 Å². The monoisotopic (exact) mass is 187 g/mol. The highest BCUT2D eigenvalue weighted by atomic mass is 35.5. The molecule has 12 heavy (non-hydrogen) atoms. The lowest BCUT2D eigenvalue weighted by Gasteiger charge is -1.98. The minimum absolute atomic E-state index is 0.0564. The van der Waals surface area contributed by atoms with E-state index in [-0.39, 0.29) is 12.4 Å². The Balaban J connectivity index is 3.25. The summed E-state index contributed by atoms with van der Waals surface area (Å²) in [4.78, 5) is 11.0. The Morgan fingerprint density at radius 2 is 2.33 bits per heavy atom. The number of halogens is 1. The van der Waals surface area contributed by atoms with Crippen molar-refractivity contribution in [2.45, 2.75) is 13.5 Å². The molecule has 1 N–H and O–H groups in total. The molecule has 4 heteroatoms. The van der Waals surface area contributed by atoms with Crippen molar-refractivity contribution >= 4 is 17.4 Å². The number of Topliss-reactive ketones (excluding diaryl/α,β-unsaturated/α-hetero) is 1. The summed E-state index contributed by atoms with van der Waals surface area (Å²) in [7, 11) is 1.69. The highest BCUT2D eigenvalue weighted by molar-refractivity contribution is 6.30. The summed E-state index contributed by atoms with van der Waals surface area (Å²) < 4.78 is 1.56. The molecule has 1 rings (SSSR count). The molecule has 1 aromatic heterocycles. The van der Waals surface area contributed by atoms with Gasteiger partial charge < -0.3 is 9.67 Å². The fourth-order valence-electron chi connectivity index (χ4n) is 1.09. The fraction of sp³-hybridized carbons (Fsp3) is 0.375. The van der Waals surface area contributed by atoms with Crippen LogP contribution < -0.4 is 0 Å². The van der Waals surface area contributed by atoms with Crippen LogP contribution in [0.5, 0.6) is 0 Å². The van der Waals surface area contributed by atoms with Crippen molar-refractivity contribution in [2.24, 2.45) is 7.05 Å². The van der Waals surface area contributed by atoms with Crippen LogP contribution >= 0.6 is 11.6 Å². The summed E-state index contributed by atoms with van der Waals surface area (Å²) in [6, 6.07) is 1.60. The van der Waals surface area contributed by atoms with Crippen LogP contribution in [0.15, 0.2) is 6.07 Å². The van der Waals surface area contributed by atoms with E-state index >= 15 is 0 Å². The van der Waals surface area contributed by atoms with Gasteiger partial charge >= 0.3 is 0 Å². The first kappa shape index (κ1) is 9.29. The summed E-state index contributed by atoms with van der Waals surface area (Å²) in [6.45, 7) is 1.33. The second-order valence-electron chi connectivity index (χ2n) is 2.62. The Morgan fingerprint density at radius 1 is 1.75 bits per heavy atom. The predicted molar refractivity (Wildman–Crippen MR) is 46.4 cm³/mol. The normalized spacial score (nSPS) is 10.3. The molecule has 0 saturated carbocycles. The number of carbonyl (C=O) groups is 1. The van der Waals surface area contributed by atoms with Gasteiger partial charge in [-0.3, -0.25) is 4.79 Å². The van der Waals surface area contributed by atoms with E-state index in [9.17, 15) is 4.79 Å². The lowest BCUT2D eigenvalue weighted by atomic mass is 10.3. The third-order valence-electron chi connectivity index (χ3n) is 1.76. The second kappa shape index (κ2) is 3.29. The number of carbonyl (C=O) groups excluding carboxylic acids is 1. The largest absolute Gasteiger partial charge is 0.392 e. The van der Waals surface area contributed by atoms with Gasteiger partial charge in [-0.1, -0.05) is 11.6 Å². The minimum Gasteiger partial charge on any atom is -0.392 e. The highest BCUT2D eigenvalue weighted by Gasteiger charge is 2.12. The number of nitrogens with zero attached hydrogens (tertiary/aromatic N) is 1. The smallest absolute Gasteiger partial charge is 0.176 e. The molecule has 0 radical (unpaired) electrons. The molecule has 0 fully saturated rings. The maximum absolute atomic E-state index is 11.0. The number of aromatic nitrogens is 1. The van der Waals surface area contributed by atoms with Gasteiger partial charge in [-0.2, -0.15) is 0 Å². The van der Waals surface area contributed by atoms with Crippen LogP contribution in [0.1, 0.15) is 23.0 Å². The van der Waals surface area contributed by atoms with Crippen LogP contribution in [0, 0.1) is 0 Å². The maximum atomic E-state index is 11.0. The molecular formula is C8H10ClNO2. The van der Waals surface area contributed by atoms with Crippen molar-refractivity contribution in [2.75, 3.05) is 0 Å². The van der Waals surface area contributed by atoms with E-state index in [0.29, 0.717) is 16.4 Å². The lowest BCUT2D eigenvalue weighted by molar-refractivity contribution is 0.101. The van der Waals surface area contributed by atoms with Gasteiger partial charge in [0.25, 0.3) is 0 Å². The van der Waals surface area contributed by atoms with E-state index in [1.54, 1.807) is 17.7 Å². The number of ketones is 1. The average Bonchev–Trinajstić information content (AvgIpc) is 2.30. The zero-order chi connectivity index (χ0) is 9.30. The van der Waals surface area contributed by atoms with Crippen molar-refractivity contribution in [1.29, 1.82) is 0 Å². The van der Waals surface area contributed by atoms with Crippen LogP contribution in [0.25, 0.3) is 0 Å². The van der Waals surface area contributed by atoms with Crippen LogP contribution in [-0.2, 0) is 13.7 Å². The predicted octanol–water partition coefficient (Wildman–Crippen LogP) is 1.37. The molecular weight excluding hydrogens is 178 g/mol. The number of aliphatic hydroxyl groups is 1. The van der Waals surface area contributed by atoms with Gasteiger partial charge in [0.1, 0.15) is 5.15 Å². The van der Waals surface area contributed by atoms with Gasteiger partial charge in [0, 0.05) is 19.5 Å². The number of hydrogen-bond acceptors (Lipinski definition) is 2. The van der Waals surface area contributed by atoms with Crippen LogP contribution in [0.4, 0.5) is 0 Å². The Morgan fingerprint density at radius 3 is 2.58 bits per heavy atom. The minimum atomic E-state index is -0.139. The van der Waals surface area contributed by atoms with E-state index in [2.05, 4.69) is 0 Å². The molecule has 0 aliphatic rings. The molecule has 0 amide bonds. The maximum Gasteiger partial charge on any atom is 0.176 e. The summed E-state index contributed by atoms with van der Waals surface area (Å²) in [6.07, 6.45) is 0. The lowest BCUT2D eigenvalue weighted by Crippen LogP contribution is -2.00. The SMILES string of the molecule is CC(=O)c1cc(CO)c(Cl)n1C. The first-order valence-corrected chi connectivity index (χ1v) is 3.91. The quantitative estimate of drug-likeness (QED) is 0.711. The molecule has 0 unspecified atom stereocenters. The second-order valence-corrected chi connectivity index (χ2v) is 2.98. The zero-order valence-corrected chi connectivity index (χ0v) is 7.72. The first-order valence-electron chi connectivity index (χ1n) is 3.53. The van der Waals surface area contributed by atoms with E-state index in [1.165, 1.54) is 6.92 Å². The molecule has 1 heterocycles. The third-order valence-corrected chi connectivity index (χ3v) is 2.26. The van der Waals surface area contributed by atoms with Crippen LogP contribution in [0.2, 0.25) is 5.15 Å². The van der Waals surface area contributed by atoms with Crippen LogP contribution in [0.3, 0.4) is 0 Å².